The fraction of sp³-hybridized carbons (Fsp3) is 0.203. The molecule has 10 rings (SSSR count). The SMILES string of the molecule is Cc1ccc(-n2nc(C(C)(C)C)cc2N)cc1.Cc1ccc(-n2nc(C(C)(C)C)cc2NC(=O)Nc2ccc(OCc3ccnc(N)n3)c3ccccc23)cc1.Nc1nccc(COc2ccc(N)c3ccccc23)n1. The van der Waals surface area contributed by atoms with Crippen molar-refractivity contribution in [2.45, 2.75) is 79.4 Å². The van der Waals surface area contributed by atoms with Gasteiger partial charge >= 0.3 is 6.03 Å². The summed E-state index contributed by atoms with van der Waals surface area (Å²) in [4.78, 5) is 29.3. The van der Waals surface area contributed by atoms with Crippen molar-refractivity contribution in [3.63, 3.8) is 0 Å². The lowest BCUT2D eigenvalue weighted by Gasteiger charge is -2.14. The number of urea groups is 1. The van der Waals surface area contributed by atoms with Crippen LogP contribution in [0.1, 0.15) is 75.4 Å². The van der Waals surface area contributed by atoms with Crippen LogP contribution in [0.5, 0.6) is 11.5 Å². The lowest BCUT2D eigenvalue weighted by atomic mass is 9.92. The van der Waals surface area contributed by atoms with Gasteiger partial charge in [0.05, 0.1) is 39.8 Å². The number of nitrogen functional groups attached to an aromatic ring is 4. The van der Waals surface area contributed by atoms with E-state index in [9.17, 15) is 4.79 Å². The average Bonchev–Trinajstić information content (AvgIpc) is 4.02. The third-order valence-corrected chi connectivity index (χ3v) is 12.0. The van der Waals surface area contributed by atoms with Crippen LogP contribution >= 0.6 is 0 Å². The van der Waals surface area contributed by atoms with Gasteiger partial charge in [-0.25, -0.2) is 34.1 Å². The number of ether oxygens (including phenoxy) is 2. The zero-order chi connectivity index (χ0) is 54.1. The van der Waals surface area contributed by atoms with E-state index in [1.54, 1.807) is 33.9 Å². The Hall–Kier alpha value is -9.51. The minimum Gasteiger partial charge on any atom is -0.487 e. The Morgan fingerprint density at radius 2 is 0.987 bits per heavy atom. The van der Waals surface area contributed by atoms with E-state index in [4.69, 9.17) is 37.5 Å². The van der Waals surface area contributed by atoms with Gasteiger partial charge in [0.15, 0.2) is 0 Å². The van der Waals surface area contributed by atoms with E-state index >= 15 is 0 Å². The van der Waals surface area contributed by atoms with Crippen molar-refractivity contribution >= 4 is 62.5 Å². The first-order chi connectivity index (χ1) is 36.3. The predicted octanol–water partition coefficient (Wildman–Crippen LogP) is 11.7. The number of hydrogen-bond acceptors (Lipinski definition) is 13. The number of carbonyl (C=O) groups excluding carboxylic acids is 1. The van der Waals surface area contributed by atoms with Gasteiger partial charge in [-0.15, -0.1) is 0 Å². The maximum atomic E-state index is 13.2. The Balaban J connectivity index is 0.000000172. The molecule has 0 aliphatic rings. The summed E-state index contributed by atoms with van der Waals surface area (Å²) in [5, 5.41) is 19.0. The van der Waals surface area contributed by atoms with Crippen LogP contribution in [0.3, 0.4) is 0 Å². The van der Waals surface area contributed by atoms with Crippen molar-refractivity contribution in [3.05, 3.63) is 192 Å². The first-order valence-corrected chi connectivity index (χ1v) is 24.7. The molecule has 0 unspecified atom stereocenters. The van der Waals surface area contributed by atoms with Crippen LogP contribution in [0.25, 0.3) is 32.9 Å². The van der Waals surface area contributed by atoms with Gasteiger partial charge in [0.25, 0.3) is 0 Å². The first kappa shape index (κ1) is 52.8. The number of rotatable bonds is 10. The van der Waals surface area contributed by atoms with Crippen LogP contribution in [-0.4, -0.2) is 45.5 Å². The molecule has 0 atom stereocenters. The maximum Gasteiger partial charge on any atom is 0.324 e. The Morgan fingerprint density at radius 1 is 0.526 bits per heavy atom. The van der Waals surface area contributed by atoms with Gasteiger partial charge in [-0.1, -0.05) is 125 Å². The summed E-state index contributed by atoms with van der Waals surface area (Å²) < 4.78 is 15.4. The van der Waals surface area contributed by atoms with Crippen LogP contribution in [0, 0.1) is 13.8 Å². The molecular weight excluding hydrogens is 953 g/mol. The van der Waals surface area contributed by atoms with E-state index in [0.717, 1.165) is 67.0 Å². The van der Waals surface area contributed by atoms with Gasteiger partial charge in [0.2, 0.25) is 11.9 Å². The highest BCUT2D eigenvalue weighted by Crippen LogP contribution is 2.34. The molecule has 10 N–H and O–H groups in total. The highest BCUT2D eigenvalue weighted by atomic mass is 16.5. The number of aryl methyl sites for hydroxylation is 2. The second-order valence-electron chi connectivity index (χ2n) is 20.2. The molecule has 76 heavy (non-hydrogen) atoms. The molecule has 17 nitrogen and oxygen atoms in total. The van der Waals surface area contributed by atoms with Crippen molar-refractivity contribution in [2.24, 2.45) is 0 Å². The number of carbonyl (C=O) groups is 1. The summed E-state index contributed by atoms with van der Waals surface area (Å²) in [5.41, 5.74) is 31.9. The van der Waals surface area contributed by atoms with E-state index in [2.05, 4.69) is 96.3 Å². The predicted molar refractivity (Wildman–Crippen MR) is 305 cm³/mol. The van der Waals surface area contributed by atoms with Gasteiger partial charge in [0, 0.05) is 62.6 Å². The fourth-order valence-corrected chi connectivity index (χ4v) is 7.86. The number of amides is 2. The molecule has 10 aromatic rings. The first-order valence-electron chi connectivity index (χ1n) is 24.7. The number of fused-ring (bicyclic) bond motifs is 2. The van der Waals surface area contributed by atoms with Crippen molar-refractivity contribution in [1.29, 1.82) is 0 Å². The number of benzene rings is 6. The van der Waals surface area contributed by atoms with E-state index < -0.39 is 0 Å². The molecule has 2 amide bonds. The summed E-state index contributed by atoms with van der Waals surface area (Å²) in [7, 11) is 0. The molecule has 4 heterocycles. The number of hydrogen-bond donors (Lipinski definition) is 6. The summed E-state index contributed by atoms with van der Waals surface area (Å²) >= 11 is 0. The Labute approximate surface area is 442 Å². The highest BCUT2D eigenvalue weighted by molar-refractivity contribution is 6.07. The molecular formula is C59H64N14O3. The minimum atomic E-state index is -0.376. The minimum absolute atomic E-state index is 0.0179. The highest BCUT2D eigenvalue weighted by Gasteiger charge is 2.23. The second kappa shape index (κ2) is 22.7. The quantitative estimate of drug-likeness (QED) is 0.0698. The summed E-state index contributed by atoms with van der Waals surface area (Å²) in [6.07, 6.45) is 3.21. The molecule has 0 radical (unpaired) electrons. The largest absolute Gasteiger partial charge is 0.487 e. The number of aromatic nitrogens is 8. The van der Waals surface area contributed by atoms with Gasteiger partial charge < -0.3 is 37.7 Å². The third kappa shape index (κ3) is 13.2. The standard InChI is InChI=1S/C30H31N7O2.C15H14N4O.C14H19N3/c1-19-9-11-21(12-10-19)37-27(17-26(36-37)30(2,3)4)35-29(38)34-24-13-14-25(23-8-6-5-7-22(23)24)39-18-20-15-16-32-28(31)33-20;16-13-5-6-14(12-4-2-1-3-11(12)13)20-9-10-7-8-18-15(17)19-10;1-10-5-7-11(8-6-10)17-13(15)9-12(16-17)14(2,3)4/h5-17H,18H2,1-4H3,(H2,31,32,33)(H2,34,35,38);1-8H,9,16H2,(H2,17,18,19);5-9H,15H2,1-4H3. The molecule has 0 fully saturated rings. The Bertz CT molecular complexity index is 3610. The summed E-state index contributed by atoms with van der Waals surface area (Å²) in [6.45, 7) is 17.3. The number of nitrogens with one attached hydrogen (secondary N) is 2. The third-order valence-electron chi connectivity index (χ3n) is 12.0. The van der Waals surface area contributed by atoms with Crippen LogP contribution < -0.4 is 43.0 Å². The zero-order valence-electron chi connectivity index (χ0n) is 44.0. The fourth-order valence-electron chi connectivity index (χ4n) is 7.86. The summed E-state index contributed by atoms with van der Waals surface area (Å²) in [5.74, 6) is 3.14. The molecule has 0 saturated carbocycles. The molecule has 4 aromatic heterocycles. The molecule has 0 spiro atoms. The molecule has 17 heteroatoms. The van der Waals surface area contributed by atoms with Crippen molar-refractivity contribution < 1.29 is 14.3 Å². The Kier molecular flexibility index (Phi) is 15.8. The van der Waals surface area contributed by atoms with Crippen molar-refractivity contribution in [2.75, 3.05) is 33.6 Å². The molecule has 0 saturated heterocycles. The number of anilines is 6. The van der Waals surface area contributed by atoms with Crippen LogP contribution in [0.2, 0.25) is 0 Å². The molecule has 6 aromatic carbocycles. The zero-order valence-corrected chi connectivity index (χ0v) is 44.0. The van der Waals surface area contributed by atoms with Gasteiger partial charge in [-0.2, -0.15) is 10.2 Å². The normalized spacial score (nSPS) is 11.3. The van der Waals surface area contributed by atoms with Crippen LogP contribution in [0.15, 0.2) is 158 Å². The van der Waals surface area contributed by atoms with Gasteiger partial charge in [0.1, 0.15) is 36.3 Å². The van der Waals surface area contributed by atoms with E-state index in [0.29, 0.717) is 35.4 Å². The summed E-state index contributed by atoms with van der Waals surface area (Å²) in [6, 6.07) is 46.2. The Morgan fingerprint density at radius 3 is 1.50 bits per heavy atom. The topological polar surface area (TPSA) is 251 Å². The second-order valence-corrected chi connectivity index (χ2v) is 20.2. The van der Waals surface area contributed by atoms with Crippen molar-refractivity contribution in [3.8, 4) is 22.9 Å². The lowest BCUT2D eigenvalue weighted by Crippen LogP contribution is -2.21. The molecule has 0 aliphatic heterocycles. The van der Waals surface area contributed by atoms with Crippen molar-refractivity contribution in [1.82, 2.24) is 39.5 Å². The van der Waals surface area contributed by atoms with Crippen LogP contribution in [0.4, 0.5) is 39.7 Å². The molecule has 0 bridgehead atoms. The molecule has 0 aliphatic carbocycles. The van der Waals surface area contributed by atoms with Gasteiger partial charge in [-0.3, -0.25) is 5.32 Å². The maximum absolute atomic E-state index is 13.2. The monoisotopic (exact) mass is 1020 g/mol. The lowest BCUT2D eigenvalue weighted by molar-refractivity contribution is 0.262. The number of nitrogens with two attached hydrogens (primary N) is 4. The number of nitrogens with zero attached hydrogens (tertiary/aromatic N) is 8. The van der Waals surface area contributed by atoms with E-state index in [-0.39, 0.29) is 35.4 Å². The van der Waals surface area contributed by atoms with Crippen LogP contribution in [-0.2, 0) is 24.0 Å². The van der Waals surface area contributed by atoms with E-state index in [1.165, 1.54) is 5.56 Å². The van der Waals surface area contributed by atoms with Gasteiger partial charge in [-0.05, 0) is 74.5 Å². The van der Waals surface area contributed by atoms with E-state index in [1.807, 2.05) is 128 Å². The smallest absolute Gasteiger partial charge is 0.324 e. The molecule has 388 valence electrons. The average molecular weight is 1020 g/mol.